The number of aromatic carboxylic acids is 1. The van der Waals surface area contributed by atoms with Gasteiger partial charge in [-0.1, -0.05) is 56.3 Å². The zero-order valence-corrected chi connectivity index (χ0v) is 20.8. The minimum absolute atomic E-state index is 0.0957. The lowest BCUT2D eigenvalue weighted by atomic mass is 9.99. The number of primary amides is 1. The van der Waals surface area contributed by atoms with Crippen molar-refractivity contribution in [3.63, 3.8) is 0 Å². The average Bonchev–Trinajstić information content (AvgIpc) is 3.29. The van der Waals surface area contributed by atoms with Crippen LogP contribution in [0, 0.1) is 13.8 Å². The summed E-state index contributed by atoms with van der Waals surface area (Å²) in [5.74, 6) is -2.00. The van der Waals surface area contributed by atoms with Crippen LogP contribution in [0.4, 0.5) is 5.69 Å². The van der Waals surface area contributed by atoms with Crippen LogP contribution in [0.3, 0.4) is 0 Å². The number of aromatic nitrogens is 1. The van der Waals surface area contributed by atoms with Crippen LogP contribution in [-0.2, 0) is 9.59 Å². The summed E-state index contributed by atoms with van der Waals surface area (Å²) in [6, 6.07) is 15.6. The van der Waals surface area contributed by atoms with Gasteiger partial charge in [-0.2, -0.15) is 0 Å². The van der Waals surface area contributed by atoms with E-state index < -0.39 is 18.0 Å². The zero-order valence-electron chi connectivity index (χ0n) is 20.8. The summed E-state index contributed by atoms with van der Waals surface area (Å²) in [4.78, 5) is 39.7. The van der Waals surface area contributed by atoms with E-state index in [0.29, 0.717) is 46.9 Å². The minimum atomic E-state index is -1.10. The molecule has 8 heteroatoms. The number of amides is 2. The Labute approximate surface area is 210 Å². The highest BCUT2D eigenvalue weighted by Gasteiger charge is 2.33. The summed E-state index contributed by atoms with van der Waals surface area (Å²) in [6.45, 7) is 8.23. The lowest BCUT2D eigenvalue weighted by molar-refractivity contribution is -0.126. The molecule has 4 rings (SSSR count). The largest absolute Gasteiger partial charge is 0.478 e. The van der Waals surface area contributed by atoms with Crippen molar-refractivity contribution in [1.29, 1.82) is 0 Å². The molecule has 0 saturated carbocycles. The molecule has 36 heavy (non-hydrogen) atoms. The SMILES string of the molecule is CCN(CC)C(C(N)=O)n1c(C)c(C(=O)O)c(C)c1C=C1C(=O)Nc2cc(-c3ccccc3)ccc21. The molecule has 0 aliphatic carbocycles. The molecule has 0 saturated heterocycles. The summed E-state index contributed by atoms with van der Waals surface area (Å²) in [5.41, 5.74) is 11.0. The van der Waals surface area contributed by atoms with Gasteiger partial charge in [-0.05, 0) is 55.8 Å². The molecule has 186 valence electrons. The van der Waals surface area contributed by atoms with Crippen LogP contribution < -0.4 is 11.1 Å². The van der Waals surface area contributed by atoms with Gasteiger partial charge in [0.25, 0.3) is 11.8 Å². The number of hydrogen-bond acceptors (Lipinski definition) is 4. The van der Waals surface area contributed by atoms with Gasteiger partial charge >= 0.3 is 5.97 Å². The van der Waals surface area contributed by atoms with E-state index in [-0.39, 0.29) is 11.5 Å². The lowest BCUT2D eigenvalue weighted by Crippen LogP contribution is -2.42. The molecule has 4 N–H and O–H groups in total. The maximum absolute atomic E-state index is 13.1. The van der Waals surface area contributed by atoms with Gasteiger partial charge < -0.3 is 20.7 Å². The molecule has 0 spiro atoms. The van der Waals surface area contributed by atoms with Crippen LogP contribution in [0.25, 0.3) is 22.8 Å². The fourth-order valence-corrected chi connectivity index (χ4v) is 5.01. The Hall–Kier alpha value is -4.17. The number of nitrogens with one attached hydrogen (secondary N) is 1. The summed E-state index contributed by atoms with van der Waals surface area (Å²) >= 11 is 0. The summed E-state index contributed by atoms with van der Waals surface area (Å²) in [6.07, 6.45) is 0.764. The Balaban J connectivity index is 1.91. The van der Waals surface area contributed by atoms with Crippen LogP contribution in [0.1, 0.15) is 52.9 Å². The molecule has 1 aromatic heterocycles. The first-order valence-corrected chi connectivity index (χ1v) is 11.9. The van der Waals surface area contributed by atoms with E-state index in [2.05, 4.69) is 5.32 Å². The predicted octanol–water partition coefficient (Wildman–Crippen LogP) is 4.29. The van der Waals surface area contributed by atoms with E-state index in [1.807, 2.05) is 67.3 Å². The van der Waals surface area contributed by atoms with Gasteiger partial charge in [-0.15, -0.1) is 0 Å². The van der Waals surface area contributed by atoms with Crippen molar-refractivity contribution in [2.75, 3.05) is 18.4 Å². The normalized spacial score (nSPS) is 14.7. The Morgan fingerprint density at radius 2 is 1.75 bits per heavy atom. The zero-order chi connectivity index (χ0) is 26.1. The third-order valence-corrected chi connectivity index (χ3v) is 6.80. The maximum Gasteiger partial charge on any atom is 0.337 e. The molecule has 2 heterocycles. The number of benzene rings is 2. The molecule has 0 bridgehead atoms. The Morgan fingerprint density at radius 3 is 2.33 bits per heavy atom. The summed E-state index contributed by atoms with van der Waals surface area (Å²) in [5, 5.41) is 12.8. The number of anilines is 1. The standard InChI is InChI=1S/C28H30N4O4/c1-5-31(6-2)27(25(29)33)32-17(4)24(28(35)36)16(3)23(32)15-21-20-13-12-19(14-22(20)30-26(21)34)18-10-8-7-9-11-18/h7-15,27H,5-6H2,1-4H3,(H2,29,33)(H,30,34)(H,35,36). The minimum Gasteiger partial charge on any atom is -0.478 e. The van der Waals surface area contributed by atoms with Gasteiger partial charge in [0, 0.05) is 22.6 Å². The molecule has 3 aromatic rings. The van der Waals surface area contributed by atoms with Crippen molar-refractivity contribution < 1.29 is 19.5 Å². The van der Waals surface area contributed by atoms with Gasteiger partial charge in [0.15, 0.2) is 6.17 Å². The number of rotatable bonds is 8. The molecule has 1 unspecified atom stereocenters. The van der Waals surface area contributed by atoms with E-state index in [9.17, 15) is 19.5 Å². The average molecular weight is 487 g/mol. The fourth-order valence-electron chi connectivity index (χ4n) is 5.01. The number of nitrogens with zero attached hydrogens (tertiary/aromatic N) is 2. The van der Waals surface area contributed by atoms with Crippen LogP contribution in [0.15, 0.2) is 48.5 Å². The quantitative estimate of drug-likeness (QED) is 0.411. The Morgan fingerprint density at radius 1 is 1.08 bits per heavy atom. The second-order valence-corrected chi connectivity index (χ2v) is 8.78. The van der Waals surface area contributed by atoms with Crippen LogP contribution in [0.5, 0.6) is 0 Å². The molecule has 2 aromatic carbocycles. The number of carbonyl (C=O) groups is 3. The van der Waals surface area contributed by atoms with Crippen molar-refractivity contribution in [2.24, 2.45) is 5.73 Å². The van der Waals surface area contributed by atoms with Crippen LogP contribution in [-0.4, -0.2) is 45.4 Å². The van der Waals surface area contributed by atoms with Crippen molar-refractivity contribution >= 4 is 35.1 Å². The van der Waals surface area contributed by atoms with Crippen LogP contribution >= 0.6 is 0 Å². The number of fused-ring (bicyclic) bond motifs is 1. The Kier molecular flexibility index (Phi) is 6.81. The van der Waals surface area contributed by atoms with Gasteiger partial charge in [0.2, 0.25) is 0 Å². The lowest BCUT2D eigenvalue weighted by Gasteiger charge is -2.30. The van der Waals surface area contributed by atoms with E-state index >= 15 is 0 Å². The molecule has 1 aliphatic rings. The summed E-state index contributed by atoms with van der Waals surface area (Å²) in [7, 11) is 0. The maximum atomic E-state index is 13.1. The number of likely N-dealkylation sites (N-methyl/N-ethyl adjacent to an activating group) is 1. The molecule has 0 radical (unpaired) electrons. The highest BCUT2D eigenvalue weighted by molar-refractivity contribution is 6.35. The second-order valence-electron chi connectivity index (χ2n) is 8.78. The van der Waals surface area contributed by atoms with Gasteiger partial charge in [-0.3, -0.25) is 14.5 Å². The summed E-state index contributed by atoms with van der Waals surface area (Å²) < 4.78 is 1.64. The van der Waals surface area contributed by atoms with Crippen LogP contribution in [0.2, 0.25) is 0 Å². The van der Waals surface area contributed by atoms with Gasteiger partial charge in [-0.25, -0.2) is 4.79 Å². The van der Waals surface area contributed by atoms with E-state index in [4.69, 9.17) is 5.73 Å². The van der Waals surface area contributed by atoms with Crippen molar-refractivity contribution in [3.05, 3.63) is 76.6 Å². The monoisotopic (exact) mass is 486 g/mol. The molecule has 1 atom stereocenters. The molecular weight excluding hydrogens is 456 g/mol. The molecule has 0 fully saturated rings. The molecule has 1 aliphatic heterocycles. The molecular formula is C28H30N4O4. The number of hydrogen-bond donors (Lipinski definition) is 3. The van der Waals surface area contributed by atoms with Gasteiger partial charge in [0.1, 0.15) is 0 Å². The number of nitrogens with two attached hydrogens (primary N) is 1. The highest BCUT2D eigenvalue weighted by atomic mass is 16.4. The topological polar surface area (TPSA) is 118 Å². The van der Waals surface area contributed by atoms with E-state index in [1.54, 1.807) is 24.5 Å². The Bertz CT molecular complexity index is 1380. The first-order valence-electron chi connectivity index (χ1n) is 11.9. The predicted molar refractivity (Wildman–Crippen MR) is 140 cm³/mol. The number of carboxylic acid groups (broad SMARTS) is 1. The van der Waals surface area contributed by atoms with Crippen molar-refractivity contribution in [2.45, 2.75) is 33.9 Å². The number of carbonyl (C=O) groups excluding carboxylic acids is 2. The molecule has 2 amide bonds. The first-order chi connectivity index (χ1) is 17.2. The second kappa shape index (κ2) is 9.83. The first kappa shape index (κ1) is 24.9. The smallest absolute Gasteiger partial charge is 0.337 e. The van der Waals surface area contributed by atoms with E-state index in [1.165, 1.54) is 0 Å². The molecule has 8 nitrogen and oxygen atoms in total. The number of carboxylic acids is 1. The van der Waals surface area contributed by atoms with Crippen molar-refractivity contribution in [1.82, 2.24) is 9.47 Å². The van der Waals surface area contributed by atoms with Crippen molar-refractivity contribution in [3.8, 4) is 11.1 Å². The fraction of sp³-hybridized carbons (Fsp3) is 0.250. The third kappa shape index (κ3) is 4.20. The third-order valence-electron chi connectivity index (χ3n) is 6.80. The van der Waals surface area contributed by atoms with E-state index in [0.717, 1.165) is 11.1 Å². The van der Waals surface area contributed by atoms with Gasteiger partial charge in [0.05, 0.1) is 11.1 Å². The highest BCUT2D eigenvalue weighted by Crippen LogP contribution is 2.38.